The Morgan fingerprint density at radius 1 is 0.889 bits per heavy atom. The van der Waals surface area contributed by atoms with Gasteiger partial charge < -0.3 is 5.21 Å². The van der Waals surface area contributed by atoms with Gasteiger partial charge in [-0.2, -0.15) is 4.74 Å². The molecule has 0 saturated carbocycles. The lowest BCUT2D eigenvalue weighted by atomic mass is 10.2. The van der Waals surface area contributed by atoms with Crippen LogP contribution < -0.4 is 0 Å². The van der Waals surface area contributed by atoms with E-state index in [2.05, 4.69) is 0 Å². The van der Waals surface area contributed by atoms with Crippen LogP contribution in [-0.2, 0) is 0 Å². The van der Waals surface area contributed by atoms with Gasteiger partial charge in [0.05, 0.1) is 0 Å². The SMILES string of the molecule is [O-][N+](=Cc1ccc(Cl)cc1)c1ccc(Cl)cc1Cl. The number of nitrogens with zero attached hydrogens (tertiary/aromatic N) is 1. The lowest BCUT2D eigenvalue weighted by Crippen LogP contribution is -1.99. The predicted octanol–water partition coefficient (Wildman–Crippen LogP) is 4.91. The van der Waals surface area contributed by atoms with Crippen LogP contribution >= 0.6 is 34.8 Å². The van der Waals surface area contributed by atoms with Crippen molar-refractivity contribution in [2.45, 2.75) is 0 Å². The molecule has 18 heavy (non-hydrogen) atoms. The Bertz CT molecular complexity index is 594. The van der Waals surface area contributed by atoms with Gasteiger partial charge in [-0.1, -0.05) is 34.8 Å². The summed E-state index contributed by atoms with van der Waals surface area (Å²) in [4.78, 5) is 0. The van der Waals surface area contributed by atoms with Gasteiger partial charge in [-0.25, -0.2) is 0 Å². The van der Waals surface area contributed by atoms with Crippen LogP contribution in [0.5, 0.6) is 0 Å². The summed E-state index contributed by atoms with van der Waals surface area (Å²) < 4.78 is 0.696. The van der Waals surface area contributed by atoms with Gasteiger partial charge in [0.15, 0.2) is 6.21 Å². The number of hydrogen-bond donors (Lipinski definition) is 0. The minimum atomic E-state index is 0.308. The molecule has 0 heterocycles. The van der Waals surface area contributed by atoms with E-state index in [9.17, 15) is 5.21 Å². The first-order chi connectivity index (χ1) is 8.56. The summed E-state index contributed by atoms with van der Waals surface area (Å²) in [6.45, 7) is 0. The van der Waals surface area contributed by atoms with Crippen molar-refractivity contribution in [1.29, 1.82) is 0 Å². The molecular weight excluding hydrogens is 293 g/mol. The third-order valence-corrected chi connectivity index (χ3v) is 3.07. The average molecular weight is 301 g/mol. The van der Waals surface area contributed by atoms with E-state index in [1.54, 1.807) is 36.4 Å². The highest BCUT2D eigenvalue weighted by Crippen LogP contribution is 2.27. The highest BCUT2D eigenvalue weighted by molar-refractivity contribution is 6.36. The molecule has 92 valence electrons. The Hall–Kier alpha value is -1.22. The summed E-state index contributed by atoms with van der Waals surface area (Å²) in [5, 5.41) is 13.3. The van der Waals surface area contributed by atoms with Crippen molar-refractivity contribution in [3.63, 3.8) is 0 Å². The summed E-state index contributed by atoms with van der Waals surface area (Å²) in [7, 11) is 0. The molecule has 0 spiro atoms. The molecule has 0 fully saturated rings. The second-order valence-corrected chi connectivity index (χ2v) is 4.88. The van der Waals surface area contributed by atoms with Crippen molar-refractivity contribution in [2.24, 2.45) is 0 Å². The molecule has 0 aliphatic carbocycles. The van der Waals surface area contributed by atoms with Crippen LogP contribution in [0, 0.1) is 5.21 Å². The van der Waals surface area contributed by atoms with Crippen LogP contribution in [0.15, 0.2) is 42.5 Å². The van der Waals surface area contributed by atoms with E-state index in [1.165, 1.54) is 12.3 Å². The maximum absolute atomic E-state index is 11.9. The molecule has 0 aliphatic rings. The minimum absolute atomic E-state index is 0.308. The van der Waals surface area contributed by atoms with Gasteiger partial charge in [0.1, 0.15) is 5.02 Å². The fourth-order valence-electron chi connectivity index (χ4n) is 1.41. The zero-order valence-corrected chi connectivity index (χ0v) is 11.4. The fourth-order valence-corrected chi connectivity index (χ4v) is 2.03. The van der Waals surface area contributed by atoms with Gasteiger partial charge in [0.2, 0.25) is 5.69 Å². The summed E-state index contributed by atoms with van der Waals surface area (Å²) in [6.07, 6.45) is 1.42. The lowest BCUT2D eigenvalue weighted by molar-refractivity contribution is -0.354. The monoisotopic (exact) mass is 299 g/mol. The molecule has 0 N–H and O–H groups in total. The summed E-state index contributed by atoms with van der Waals surface area (Å²) in [5.41, 5.74) is 1.08. The van der Waals surface area contributed by atoms with Crippen LogP contribution in [0.2, 0.25) is 15.1 Å². The van der Waals surface area contributed by atoms with Crippen LogP contribution in [0.3, 0.4) is 0 Å². The smallest absolute Gasteiger partial charge is 0.235 e. The summed E-state index contributed by atoms with van der Waals surface area (Å²) in [6, 6.07) is 11.6. The van der Waals surface area contributed by atoms with Crippen LogP contribution in [0.25, 0.3) is 0 Å². The third kappa shape index (κ3) is 3.16. The molecule has 0 amide bonds. The van der Waals surface area contributed by atoms with Gasteiger partial charge in [0.25, 0.3) is 0 Å². The van der Waals surface area contributed by atoms with Crippen molar-refractivity contribution >= 4 is 46.7 Å². The number of hydrogen-bond acceptors (Lipinski definition) is 1. The molecule has 0 aliphatic heterocycles. The summed E-state index contributed by atoms with van der Waals surface area (Å²) >= 11 is 17.5. The Morgan fingerprint density at radius 3 is 2.11 bits per heavy atom. The topological polar surface area (TPSA) is 26.1 Å². The van der Waals surface area contributed by atoms with Crippen molar-refractivity contribution in [2.75, 3.05) is 0 Å². The fraction of sp³-hybridized carbons (Fsp3) is 0. The van der Waals surface area contributed by atoms with E-state index in [0.717, 1.165) is 5.56 Å². The first-order valence-corrected chi connectivity index (χ1v) is 6.21. The van der Waals surface area contributed by atoms with Crippen molar-refractivity contribution in [3.8, 4) is 0 Å². The Morgan fingerprint density at radius 2 is 1.50 bits per heavy atom. The molecule has 0 atom stereocenters. The van der Waals surface area contributed by atoms with Crippen LogP contribution in [0.1, 0.15) is 5.56 Å². The molecule has 2 rings (SSSR count). The van der Waals surface area contributed by atoms with E-state index in [0.29, 0.717) is 25.5 Å². The predicted molar refractivity (Wildman–Crippen MR) is 76.4 cm³/mol. The summed E-state index contributed by atoms with van der Waals surface area (Å²) in [5.74, 6) is 0. The highest BCUT2D eigenvalue weighted by atomic mass is 35.5. The standard InChI is InChI=1S/C13H8Cl3NO/c14-10-3-1-9(2-4-10)8-17(18)13-6-5-11(15)7-12(13)16/h1-8H. The second-order valence-electron chi connectivity index (χ2n) is 3.60. The van der Waals surface area contributed by atoms with Gasteiger partial charge >= 0.3 is 0 Å². The third-order valence-electron chi connectivity index (χ3n) is 2.28. The van der Waals surface area contributed by atoms with Gasteiger partial charge in [-0.15, -0.1) is 0 Å². The van der Waals surface area contributed by atoms with E-state index in [1.807, 2.05) is 0 Å². The maximum atomic E-state index is 11.9. The van der Waals surface area contributed by atoms with E-state index >= 15 is 0 Å². The molecule has 0 radical (unpaired) electrons. The van der Waals surface area contributed by atoms with E-state index < -0.39 is 0 Å². The molecule has 0 bridgehead atoms. The van der Waals surface area contributed by atoms with Crippen LogP contribution in [0.4, 0.5) is 5.69 Å². The first-order valence-electron chi connectivity index (χ1n) is 5.08. The molecule has 5 heteroatoms. The maximum Gasteiger partial charge on any atom is 0.235 e. The molecule has 0 unspecified atom stereocenters. The Kier molecular flexibility index (Phi) is 4.12. The normalized spacial score (nSPS) is 11.6. The molecule has 2 aromatic rings. The second kappa shape index (κ2) is 5.61. The van der Waals surface area contributed by atoms with E-state index in [-0.39, 0.29) is 0 Å². The minimum Gasteiger partial charge on any atom is -0.618 e. The lowest BCUT2D eigenvalue weighted by Gasteiger charge is -2.05. The average Bonchev–Trinajstić information content (AvgIpc) is 2.32. The quantitative estimate of drug-likeness (QED) is 0.335. The molecular formula is C13H8Cl3NO. The zero-order chi connectivity index (χ0) is 13.1. The molecule has 2 nitrogen and oxygen atoms in total. The van der Waals surface area contributed by atoms with Gasteiger partial charge in [0, 0.05) is 21.7 Å². The zero-order valence-electron chi connectivity index (χ0n) is 9.11. The van der Waals surface area contributed by atoms with Crippen LogP contribution in [-0.4, -0.2) is 11.0 Å². The Balaban J connectivity index is 2.35. The number of rotatable bonds is 2. The van der Waals surface area contributed by atoms with E-state index in [4.69, 9.17) is 34.8 Å². The first kappa shape index (κ1) is 13.2. The number of halogens is 3. The van der Waals surface area contributed by atoms with Gasteiger partial charge in [-0.05, 0) is 36.4 Å². The van der Waals surface area contributed by atoms with Gasteiger partial charge in [-0.3, -0.25) is 0 Å². The molecule has 2 aromatic carbocycles. The highest BCUT2D eigenvalue weighted by Gasteiger charge is 2.08. The number of benzene rings is 2. The molecule has 0 aromatic heterocycles. The van der Waals surface area contributed by atoms with Crippen molar-refractivity contribution in [1.82, 2.24) is 0 Å². The van der Waals surface area contributed by atoms with Crippen molar-refractivity contribution < 1.29 is 4.74 Å². The Labute approximate surface area is 120 Å². The molecule has 0 saturated heterocycles. The largest absolute Gasteiger partial charge is 0.618 e. The van der Waals surface area contributed by atoms with Crippen molar-refractivity contribution in [3.05, 3.63) is 68.3 Å².